The lowest BCUT2D eigenvalue weighted by Gasteiger charge is -2.32. The Morgan fingerprint density at radius 3 is 2.68 bits per heavy atom. The fourth-order valence-corrected chi connectivity index (χ4v) is 2.33. The van der Waals surface area contributed by atoms with Gasteiger partial charge in [-0.25, -0.2) is 0 Å². The van der Waals surface area contributed by atoms with E-state index in [4.69, 9.17) is 10.00 Å². The molecule has 19 heavy (non-hydrogen) atoms. The van der Waals surface area contributed by atoms with Crippen molar-refractivity contribution in [2.45, 2.75) is 18.9 Å². The molecule has 6 nitrogen and oxygen atoms in total. The average molecular weight is 261 g/mol. The van der Waals surface area contributed by atoms with Crippen molar-refractivity contribution in [2.75, 3.05) is 25.1 Å². The van der Waals surface area contributed by atoms with Crippen molar-refractivity contribution >= 4 is 11.4 Å². The van der Waals surface area contributed by atoms with Crippen molar-refractivity contribution in [3.63, 3.8) is 0 Å². The van der Waals surface area contributed by atoms with Gasteiger partial charge in [-0.1, -0.05) is 0 Å². The number of hydrogen-bond acceptors (Lipinski definition) is 5. The molecule has 1 aliphatic rings. The van der Waals surface area contributed by atoms with Crippen molar-refractivity contribution in [3.8, 4) is 6.07 Å². The zero-order valence-electron chi connectivity index (χ0n) is 10.7. The van der Waals surface area contributed by atoms with Crippen LogP contribution in [0.25, 0.3) is 0 Å². The largest absolute Gasteiger partial charge is 0.381 e. The van der Waals surface area contributed by atoms with Gasteiger partial charge >= 0.3 is 0 Å². The van der Waals surface area contributed by atoms with E-state index >= 15 is 0 Å². The molecule has 100 valence electrons. The highest BCUT2D eigenvalue weighted by molar-refractivity contribution is 5.66. The van der Waals surface area contributed by atoms with E-state index in [1.807, 2.05) is 11.0 Å². The van der Waals surface area contributed by atoms with Gasteiger partial charge in [0.2, 0.25) is 0 Å². The van der Waals surface area contributed by atoms with Crippen molar-refractivity contribution in [3.05, 3.63) is 33.9 Å². The van der Waals surface area contributed by atoms with E-state index in [9.17, 15) is 10.1 Å². The van der Waals surface area contributed by atoms with Crippen LogP contribution in [0.15, 0.2) is 18.2 Å². The quantitative estimate of drug-likeness (QED) is 0.614. The molecule has 0 saturated carbocycles. The number of nitriles is 1. The minimum atomic E-state index is -0.404. The molecular weight excluding hydrogens is 246 g/mol. The Hall–Kier alpha value is -2.13. The number of nitro groups is 1. The monoisotopic (exact) mass is 261 g/mol. The molecule has 1 aromatic rings. The third kappa shape index (κ3) is 2.83. The second-order valence-corrected chi connectivity index (χ2v) is 4.49. The second-order valence-electron chi connectivity index (χ2n) is 4.49. The van der Waals surface area contributed by atoms with E-state index in [0.29, 0.717) is 24.3 Å². The van der Waals surface area contributed by atoms with E-state index in [2.05, 4.69) is 0 Å². The molecule has 0 N–H and O–H groups in total. The Kier molecular flexibility index (Phi) is 3.97. The van der Waals surface area contributed by atoms with E-state index in [-0.39, 0.29) is 11.8 Å². The van der Waals surface area contributed by atoms with Gasteiger partial charge in [-0.05, 0) is 25.0 Å². The Morgan fingerprint density at radius 1 is 1.47 bits per heavy atom. The number of nitrogens with zero attached hydrogens (tertiary/aromatic N) is 3. The molecular formula is C13H15N3O3. The molecule has 6 heteroatoms. The first-order chi connectivity index (χ1) is 9.15. The van der Waals surface area contributed by atoms with Gasteiger partial charge in [0.05, 0.1) is 22.7 Å². The average Bonchev–Trinajstić information content (AvgIpc) is 2.46. The lowest BCUT2D eigenvalue weighted by atomic mass is 10.1. The maximum absolute atomic E-state index is 11.1. The minimum absolute atomic E-state index is 0.0508. The number of methoxy groups -OCH3 is 1. The molecule has 0 aromatic heterocycles. The first kappa shape index (κ1) is 13.3. The second kappa shape index (κ2) is 5.67. The molecule has 0 amide bonds. The van der Waals surface area contributed by atoms with Gasteiger partial charge in [-0.15, -0.1) is 0 Å². The Labute approximate surface area is 111 Å². The van der Waals surface area contributed by atoms with Crippen LogP contribution in [0.5, 0.6) is 0 Å². The summed E-state index contributed by atoms with van der Waals surface area (Å²) in [7, 11) is 1.68. The number of anilines is 1. The number of nitro benzene ring substituents is 1. The summed E-state index contributed by atoms with van der Waals surface area (Å²) in [6.45, 7) is 1.41. The third-order valence-corrected chi connectivity index (χ3v) is 3.42. The van der Waals surface area contributed by atoms with E-state index in [1.54, 1.807) is 13.2 Å². The highest BCUT2D eigenvalue weighted by Gasteiger charge is 2.24. The zero-order chi connectivity index (χ0) is 13.8. The van der Waals surface area contributed by atoms with Crippen LogP contribution in [0.2, 0.25) is 0 Å². The lowest BCUT2D eigenvalue weighted by molar-refractivity contribution is -0.384. The van der Waals surface area contributed by atoms with Crippen molar-refractivity contribution < 1.29 is 9.66 Å². The molecule has 0 atom stereocenters. The van der Waals surface area contributed by atoms with Crippen LogP contribution in [-0.4, -0.2) is 31.2 Å². The van der Waals surface area contributed by atoms with Crippen LogP contribution in [0.4, 0.5) is 11.4 Å². The molecule has 1 heterocycles. The lowest BCUT2D eigenvalue weighted by Crippen LogP contribution is -2.37. The first-order valence-electron chi connectivity index (χ1n) is 6.12. The predicted molar refractivity (Wildman–Crippen MR) is 70.1 cm³/mol. The summed E-state index contributed by atoms with van der Waals surface area (Å²) in [6, 6.07) is 6.48. The fraction of sp³-hybridized carbons (Fsp3) is 0.462. The van der Waals surface area contributed by atoms with E-state index < -0.39 is 4.92 Å². The van der Waals surface area contributed by atoms with Crippen molar-refractivity contribution in [1.29, 1.82) is 5.26 Å². The summed E-state index contributed by atoms with van der Waals surface area (Å²) >= 11 is 0. The van der Waals surface area contributed by atoms with Gasteiger partial charge in [-0.2, -0.15) is 5.26 Å². The van der Waals surface area contributed by atoms with E-state index in [1.165, 1.54) is 12.1 Å². The molecule has 0 radical (unpaired) electrons. The number of rotatable bonds is 3. The maximum Gasteiger partial charge on any atom is 0.292 e. The van der Waals surface area contributed by atoms with Crippen molar-refractivity contribution in [2.24, 2.45) is 0 Å². The number of hydrogen-bond donors (Lipinski definition) is 0. The van der Waals surface area contributed by atoms with Gasteiger partial charge in [0.15, 0.2) is 0 Å². The third-order valence-electron chi connectivity index (χ3n) is 3.42. The normalized spacial score (nSPS) is 16.1. The van der Waals surface area contributed by atoms with Crippen LogP contribution >= 0.6 is 0 Å². The predicted octanol–water partition coefficient (Wildman–Crippen LogP) is 2.08. The molecule has 1 saturated heterocycles. The van der Waals surface area contributed by atoms with Gasteiger partial charge in [0, 0.05) is 26.3 Å². The fourth-order valence-electron chi connectivity index (χ4n) is 2.33. The molecule has 1 aliphatic heterocycles. The standard InChI is InChI=1S/C13H15N3O3/c1-19-11-4-6-15(7-5-11)13-8-10(9-14)2-3-12(13)16(17)18/h2-3,8,11H,4-7H2,1H3. The summed E-state index contributed by atoms with van der Waals surface area (Å²) in [5.74, 6) is 0. The topological polar surface area (TPSA) is 79.4 Å². The highest BCUT2D eigenvalue weighted by atomic mass is 16.6. The van der Waals surface area contributed by atoms with Crippen LogP contribution in [0, 0.1) is 21.4 Å². The van der Waals surface area contributed by atoms with Gasteiger partial charge in [0.25, 0.3) is 5.69 Å². The SMILES string of the molecule is COC1CCN(c2cc(C#N)ccc2[N+](=O)[O-])CC1. The molecule has 0 bridgehead atoms. The molecule has 1 aromatic carbocycles. The molecule has 0 spiro atoms. The molecule has 0 aliphatic carbocycles. The summed E-state index contributed by atoms with van der Waals surface area (Å²) in [4.78, 5) is 12.6. The number of benzene rings is 1. The summed E-state index contributed by atoms with van der Waals surface area (Å²) in [5, 5.41) is 20.0. The maximum atomic E-state index is 11.1. The van der Waals surface area contributed by atoms with E-state index in [0.717, 1.165) is 12.8 Å². The molecule has 2 rings (SSSR count). The Morgan fingerprint density at radius 2 is 2.16 bits per heavy atom. The first-order valence-corrected chi connectivity index (χ1v) is 6.12. The number of piperidine rings is 1. The zero-order valence-corrected chi connectivity index (χ0v) is 10.7. The molecule has 0 unspecified atom stereocenters. The van der Waals surface area contributed by atoms with Gasteiger partial charge < -0.3 is 9.64 Å². The Balaban J connectivity index is 2.28. The van der Waals surface area contributed by atoms with Crippen LogP contribution in [-0.2, 0) is 4.74 Å². The van der Waals surface area contributed by atoms with Crippen LogP contribution in [0.1, 0.15) is 18.4 Å². The van der Waals surface area contributed by atoms with Gasteiger partial charge in [0.1, 0.15) is 5.69 Å². The van der Waals surface area contributed by atoms with Gasteiger partial charge in [-0.3, -0.25) is 10.1 Å². The number of ether oxygens (including phenoxy) is 1. The minimum Gasteiger partial charge on any atom is -0.381 e. The summed E-state index contributed by atoms with van der Waals surface area (Å²) in [6.07, 6.45) is 1.89. The summed E-state index contributed by atoms with van der Waals surface area (Å²) < 4.78 is 5.29. The Bertz CT molecular complexity index is 516. The molecule has 1 fully saturated rings. The highest BCUT2D eigenvalue weighted by Crippen LogP contribution is 2.31. The smallest absolute Gasteiger partial charge is 0.292 e. The van der Waals surface area contributed by atoms with Crippen LogP contribution in [0.3, 0.4) is 0 Å². The van der Waals surface area contributed by atoms with Crippen LogP contribution < -0.4 is 4.90 Å². The van der Waals surface area contributed by atoms with Crippen molar-refractivity contribution in [1.82, 2.24) is 0 Å². The summed E-state index contributed by atoms with van der Waals surface area (Å²) in [5.41, 5.74) is 1.02.